The minimum atomic E-state index is -0.0133. The van der Waals surface area contributed by atoms with Crippen molar-refractivity contribution in [1.29, 1.82) is 0 Å². The van der Waals surface area contributed by atoms with Gasteiger partial charge in [0.05, 0.1) is 12.0 Å². The van der Waals surface area contributed by atoms with Crippen molar-refractivity contribution in [2.75, 3.05) is 12.8 Å². The third-order valence-electron chi connectivity index (χ3n) is 3.22. The zero-order valence-corrected chi connectivity index (χ0v) is 15.2. The van der Waals surface area contributed by atoms with Crippen molar-refractivity contribution in [2.24, 2.45) is 0 Å². The van der Waals surface area contributed by atoms with Gasteiger partial charge in [-0.05, 0) is 29.8 Å². The van der Waals surface area contributed by atoms with Crippen LogP contribution in [0.1, 0.15) is 5.56 Å². The summed E-state index contributed by atoms with van der Waals surface area (Å²) in [5.74, 6) is 1.03. The first-order valence-corrected chi connectivity index (χ1v) is 8.88. The number of carbonyl (C=O) groups is 1. The molecule has 0 radical (unpaired) electrons. The number of amides is 1. The van der Waals surface area contributed by atoms with Gasteiger partial charge >= 0.3 is 0 Å². The normalized spacial score (nSPS) is 10.8. The van der Waals surface area contributed by atoms with Crippen LogP contribution in [0, 0.1) is 0 Å². The highest BCUT2D eigenvalue weighted by atomic mass is 79.9. The number of aromatic nitrogens is 2. The Labute approximate surface area is 151 Å². The molecule has 0 aliphatic heterocycles. The molecule has 2 aromatic heterocycles. The summed E-state index contributed by atoms with van der Waals surface area (Å²) in [4.78, 5) is 13.9. The molecule has 8 heteroatoms. The van der Waals surface area contributed by atoms with Crippen LogP contribution in [0.3, 0.4) is 0 Å². The van der Waals surface area contributed by atoms with Crippen LogP contribution in [-0.2, 0) is 11.3 Å². The number of benzene rings is 1. The van der Waals surface area contributed by atoms with Crippen molar-refractivity contribution in [3.63, 3.8) is 0 Å². The van der Waals surface area contributed by atoms with Crippen LogP contribution in [0.15, 0.2) is 61.2 Å². The second-order valence-corrected chi connectivity index (χ2v) is 6.86. The molecular weight excluding hydrogens is 394 g/mol. The number of carbonyl (C=O) groups excluding carboxylic acids is 1. The van der Waals surface area contributed by atoms with Crippen LogP contribution in [0.5, 0.6) is 0 Å². The van der Waals surface area contributed by atoms with Gasteiger partial charge in [-0.3, -0.25) is 4.79 Å². The lowest BCUT2D eigenvalue weighted by Crippen LogP contribution is -2.27. The Kier molecular flexibility index (Phi) is 5.37. The highest BCUT2D eigenvalue weighted by molar-refractivity contribution is 9.10. The molecule has 0 saturated heterocycles. The summed E-state index contributed by atoms with van der Waals surface area (Å²) >= 11 is 4.60. The fourth-order valence-electron chi connectivity index (χ4n) is 1.95. The highest BCUT2D eigenvalue weighted by Gasteiger charge is 2.15. The van der Waals surface area contributed by atoms with Crippen molar-refractivity contribution in [3.05, 3.63) is 52.7 Å². The van der Waals surface area contributed by atoms with E-state index in [0.717, 1.165) is 10.0 Å². The van der Waals surface area contributed by atoms with Crippen molar-refractivity contribution in [1.82, 2.24) is 15.1 Å². The first-order chi connectivity index (χ1) is 11.6. The summed E-state index contributed by atoms with van der Waals surface area (Å²) in [7, 11) is 1.77. The van der Waals surface area contributed by atoms with Gasteiger partial charge in [-0.25, -0.2) is 0 Å². The highest BCUT2D eigenvalue weighted by Crippen LogP contribution is 2.23. The third-order valence-corrected chi connectivity index (χ3v) is 4.55. The molecule has 1 amide bonds. The van der Waals surface area contributed by atoms with Crippen molar-refractivity contribution in [2.45, 2.75) is 11.8 Å². The Hall–Kier alpha value is -2.06. The number of hydrogen-bond donors (Lipinski definition) is 0. The molecular formula is C16H14BrN3O3S. The van der Waals surface area contributed by atoms with Crippen LogP contribution in [0.25, 0.3) is 11.7 Å². The van der Waals surface area contributed by atoms with E-state index < -0.39 is 0 Å². The van der Waals surface area contributed by atoms with Crippen molar-refractivity contribution >= 4 is 33.6 Å². The SMILES string of the molecule is CN(Cc1ccc(Br)cc1)C(=O)CSc1nnc(-c2ccco2)o1. The Morgan fingerprint density at radius 3 is 2.75 bits per heavy atom. The van der Waals surface area contributed by atoms with Crippen molar-refractivity contribution in [3.8, 4) is 11.7 Å². The largest absolute Gasteiger partial charge is 0.459 e. The Morgan fingerprint density at radius 1 is 1.25 bits per heavy atom. The van der Waals surface area contributed by atoms with Gasteiger partial charge in [0.2, 0.25) is 5.91 Å². The van der Waals surface area contributed by atoms with Crippen LogP contribution in [0.4, 0.5) is 0 Å². The molecule has 0 aliphatic carbocycles. The summed E-state index contributed by atoms with van der Waals surface area (Å²) in [5.41, 5.74) is 1.07. The third kappa shape index (κ3) is 4.27. The average Bonchev–Trinajstić information content (AvgIpc) is 3.25. The Morgan fingerprint density at radius 2 is 2.04 bits per heavy atom. The molecule has 3 aromatic rings. The molecule has 1 aromatic carbocycles. The monoisotopic (exact) mass is 407 g/mol. The first kappa shape index (κ1) is 16.8. The Balaban J connectivity index is 1.52. The van der Waals surface area contributed by atoms with E-state index in [2.05, 4.69) is 26.1 Å². The molecule has 0 bridgehead atoms. The molecule has 124 valence electrons. The molecule has 24 heavy (non-hydrogen) atoms. The lowest BCUT2D eigenvalue weighted by Gasteiger charge is -2.16. The molecule has 0 saturated carbocycles. The fourth-order valence-corrected chi connectivity index (χ4v) is 2.92. The maximum Gasteiger partial charge on any atom is 0.284 e. The predicted octanol–water partition coefficient (Wildman–Crippen LogP) is 3.84. The lowest BCUT2D eigenvalue weighted by molar-refractivity contribution is -0.127. The molecule has 0 atom stereocenters. The molecule has 0 N–H and O–H groups in total. The number of nitrogens with zero attached hydrogens (tertiary/aromatic N) is 3. The molecule has 0 spiro atoms. The lowest BCUT2D eigenvalue weighted by atomic mass is 10.2. The number of halogens is 1. The van der Waals surface area contributed by atoms with Crippen LogP contribution < -0.4 is 0 Å². The number of rotatable bonds is 6. The van der Waals surface area contributed by atoms with Gasteiger partial charge in [0.1, 0.15) is 0 Å². The fraction of sp³-hybridized carbons (Fsp3) is 0.188. The molecule has 0 unspecified atom stereocenters. The minimum Gasteiger partial charge on any atom is -0.459 e. The van der Waals surface area contributed by atoms with E-state index in [4.69, 9.17) is 8.83 Å². The number of furan rings is 1. The van der Waals surface area contributed by atoms with Crippen LogP contribution in [0.2, 0.25) is 0 Å². The second kappa shape index (κ2) is 7.67. The Bertz CT molecular complexity index is 802. The smallest absolute Gasteiger partial charge is 0.284 e. The number of thioether (sulfide) groups is 1. The summed E-state index contributed by atoms with van der Waals surface area (Å²) in [6.07, 6.45) is 1.53. The van der Waals surface area contributed by atoms with Gasteiger partial charge < -0.3 is 13.7 Å². The van der Waals surface area contributed by atoms with Gasteiger partial charge in [0.15, 0.2) is 5.76 Å². The van der Waals surface area contributed by atoms with E-state index >= 15 is 0 Å². The molecule has 2 heterocycles. The minimum absolute atomic E-state index is 0.0133. The van der Waals surface area contributed by atoms with E-state index in [0.29, 0.717) is 23.4 Å². The van der Waals surface area contributed by atoms with Gasteiger partial charge in [-0.15, -0.1) is 10.2 Å². The van der Waals surface area contributed by atoms with Crippen molar-refractivity contribution < 1.29 is 13.6 Å². The van der Waals surface area contributed by atoms with Crippen LogP contribution in [-0.4, -0.2) is 33.8 Å². The maximum atomic E-state index is 12.2. The summed E-state index contributed by atoms with van der Waals surface area (Å²) in [6.45, 7) is 0.550. The van der Waals surface area contributed by atoms with E-state index in [1.165, 1.54) is 18.0 Å². The van der Waals surface area contributed by atoms with Gasteiger partial charge in [0, 0.05) is 18.1 Å². The second-order valence-electron chi connectivity index (χ2n) is 5.02. The average molecular weight is 408 g/mol. The zero-order valence-electron chi connectivity index (χ0n) is 12.8. The van der Waals surface area contributed by atoms with E-state index in [1.807, 2.05) is 24.3 Å². The van der Waals surface area contributed by atoms with E-state index in [-0.39, 0.29) is 11.7 Å². The van der Waals surface area contributed by atoms with E-state index in [9.17, 15) is 4.79 Å². The zero-order chi connectivity index (χ0) is 16.9. The van der Waals surface area contributed by atoms with E-state index in [1.54, 1.807) is 24.1 Å². The molecule has 0 fully saturated rings. The summed E-state index contributed by atoms with van der Waals surface area (Å²) in [5, 5.41) is 8.14. The predicted molar refractivity (Wildman–Crippen MR) is 93.3 cm³/mol. The topological polar surface area (TPSA) is 72.4 Å². The summed E-state index contributed by atoms with van der Waals surface area (Å²) in [6, 6.07) is 11.4. The molecule has 6 nitrogen and oxygen atoms in total. The molecule has 3 rings (SSSR count). The molecule has 0 aliphatic rings. The van der Waals surface area contributed by atoms with Gasteiger partial charge in [0.25, 0.3) is 11.1 Å². The first-order valence-electron chi connectivity index (χ1n) is 7.10. The van der Waals surface area contributed by atoms with Gasteiger partial charge in [-0.2, -0.15) is 0 Å². The van der Waals surface area contributed by atoms with Gasteiger partial charge in [-0.1, -0.05) is 39.8 Å². The summed E-state index contributed by atoms with van der Waals surface area (Å²) < 4.78 is 11.7. The number of hydrogen-bond acceptors (Lipinski definition) is 6. The standard InChI is InChI=1S/C16H14BrN3O3S/c1-20(9-11-4-6-12(17)7-5-11)14(21)10-24-16-19-18-15(23-16)13-3-2-8-22-13/h2-8H,9-10H2,1H3. The quantitative estimate of drug-likeness (QED) is 0.577. The van der Waals surface area contributed by atoms with Crippen LogP contribution >= 0.6 is 27.7 Å². The maximum absolute atomic E-state index is 12.2.